The van der Waals surface area contributed by atoms with Gasteiger partial charge in [-0.25, -0.2) is 16.8 Å². The van der Waals surface area contributed by atoms with Crippen LogP contribution in [0.3, 0.4) is 0 Å². The number of anilines is 1. The Kier molecular flexibility index (Phi) is 6.94. The Morgan fingerprint density at radius 1 is 0.920 bits per heavy atom. The lowest BCUT2D eigenvalue weighted by molar-refractivity contribution is -0.141. The Bertz CT molecular complexity index is 859. The first kappa shape index (κ1) is 20.9. The van der Waals surface area contributed by atoms with Gasteiger partial charge in [-0.15, -0.1) is 0 Å². The number of rotatable bonds is 8. The zero-order valence-corrected chi connectivity index (χ0v) is 15.4. The van der Waals surface area contributed by atoms with E-state index in [4.69, 9.17) is 5.73 Å². The van der Waals surface area contributed by atoms with Crippen LogP contribution in [-0.2, 0) is 38.7 Å². The number of nitrogen functional groups attached to an aromatic ring is 1. The Morgan fingerprint density at radius 3 is 1.88 bits per heavy atom. The van der Waals surface area contributed by atoms with Crippen molar-refractivity contribution < 1.29 is 35.9 Å². The summed E-state index contributed by atoms with van der Waals surface area (Å²) in [5.74, 6) is -2.29. The smallest absolute Gasteiger partial charge is 0.302 e. The summed E-state index contributed by atoms with van der Waals surface area (Å²) in [6, 6.07) is 3.28. The van der Waals surface area contributed by atoms with E-state index < -0.39 is 43.1 Å². The van der Waals surface area contributed by atoms with E-state index in [1.807, 2.05) is 0 Å². The van der Waals surface area contributed by atoms with Crippen molar-refractivity contribution in [1.82, 2.24) is 0 Å². The SMILES string of the molecule is CC(=O)OCCS(=O)(=O)c1ccc(N)c(S(=O)(=O)CCOC(C)=O)c1. The molecule has 2 N–H and O–H groups in total. The van der Waals surface area contributed by atoms with Crippen LogP contribution in [0.25, 0.3) is 0 Å². The van der Waals surface area contributed by atoms with E-state index >= 15 is 0 Å². The monoisotopic (exact) mass is 393 g/mol. The number of hydrogen-bond donors (Lipinski definition) is 1. The van der Waals surface area contributed by atoms with E-state index in [0.29, 0.717) is 0 Å². The molecule has 0 unspecified atom stereocenters. The second kappa shape index (κ2) is 8.30. The number of carbonyl (C=O) groups is 2. The van der Waals surface area contributed by atoms with Gasteiger partial charge >= 0.3 is 11.9 Å². The maximum Gasteiger partial charge on any atom is 0.302 e. The van der Waals surface area contributed by atoms with Crippen molar-refractivity contribution in [2.75, 3.05) is 30.5 Å². The van der Waals surface area contributed by atoms with Gasteiger partial charge in [0.1, 0.15) is 13.2 Å². The standard InChI is InChI=1S/C14H19NO8S2/c1-10(16)22-5-7-24(18,19)12-3-4-13(15)14(9-12)25(20,21)8-6-23-11(2)17/h3-4,9H,5-8,15H2,1-2H3. The fraction of sp³-hybridized carbons (Fsp3) is 0.429. The number of benzene rings is 1. The van der Waals surface area contributed by atoms with Gasteiger partial charge in [0, 0.05) is 13.8 Å². The van der Waals surface area contributed by atoms with E-state index in [2.05, 4.69) is 9.47 Å². The number of carbonyl (C=O) groups excluding carboxylic acids is 2. The van der Waals surface area contributed by atoms with Gasteiger partial charge in [0.25, 0.3) is 0 Å². The number of esters is 2. The van der Waals surface area contributed by atoms with Crippen LogP contribution in [0.1, 0.15) is 13.8 Å². The van der Waals surface area contributed by atoms with Crippen LogP contribution < -0.4 is 5.73 Å². The summed E-state index contributed by atoms with van der Waals surface area (Å²) in [4.78, 5) is 20.8. The molecule has 11 heteroatoms. The van der Waals surface area contributed by atoms with Gasteiger partial charge in [-0.1, -0.05) is 0 Å². The number of ether oxygens (including phenoxy) is 2. The molecule has 0 bridgehead atoms. The number of nitrogens with two attached hydrogens (primary N) is 1. The summed E-state index contributed by atoms with van der Waals surface area (Å²) in [7, 11) is -7.83. The molecule has 25 heavy (non-hydrogen) atoms. The van der Waals surface area contributed by atoms with E-state index in [-0.39, 0.29) is 28.7 Å². The van der Waals surface area contributed by atoms with Crippen LogP contribution in [0.2, 0.25) is 0 Å². The summed E-state index contributed by atoms with van der Waals surface area (Å²) in [6.07, 6.45) is 0. The zero-order chi connectivity index (χ0) is 19.3. The molecule has 0 saturated carbocycles. The van der Waals surface area contributed by atoms with Gasteiger partial charge in [0.05, 0.1) is 27.0 Å². The topological polar surface area (TPSA) is 147 Å². The molecule has 0 aliphatic rings. The summed E-state index contributed by atoms with van der Waals surface area (Å²) in [5, 5.41) is 0. The first-order valence-corrected chi connectivity index (χ1v) is 10.4. The molecule has 1 aromatic rings. The molecular formula is C14H19NO8S2. The van der Waals surface area contributed by atoms with Gasteiger partial charge in [0.2, 0.25) is 0 Å². The van der Waals surface area contributed by atoms with E-state index in [1.54, 1.807) is 0 Å². The highest BCUT2D eigenvalue weighted by atomic mass is 32.2. The van der Waals surface area contributed by atoms with E-state index in [1.165, 1.54) is 6.07 Å². The second-order valence-electron chi connectivity index (χ2n) is 5.02. The van der Waals surface area contributed by atoms with Gasteiger partial charge in [-0.3, -0.25) is 9.59 Å². The maximum atomic E-state index is 12.3. The summed E-state index contributed by atoms with van der Waals surface area (Å²) in [5.41, 5.74) is 5.52. The molecule has 1 aromatic carbocycles. The molecule has 0 amide bonds. The van der Waals surface area contributed by atoms with Crippen LogP contribution in [0.5, 0.6) is 0 Å². The minimum atomic E-state index is -3.96. The third-order valence-corrected chi connectivity index (χ3v) is 6.40. The highest BCUT2D eigenvalue weighted by Crippen LogP contribution is 2.24. The average molecular weight is 393 g/mol. The quantitative estimate of drug-likeness (QED) is 0.474. The van der Waals surface area contributed by atoms with Crippen LogP contribution in [0.15, 0.2) is 28.0 Å². The summed E-state index contributed by atoms with van der Waals surface area (Å²) >= 11 is 0. The van der Waals surface area contributed by atoms with Gasteiger partial charge in [-0.2, -0.15) is 0 Å². The van der Waals surface area contributed by atoms with Crippen molar-refractivity contribution in [3.63, 3.8) is 0 Å². The predicted molar refractivity (Wildman–Crippen MR) is 88.2 cm³/mol. The highest BCUT2D eigenvalue weighted by molar-refractivity contribution is 7.92. The van der Waals surface area contributed by atoms with Crippen LogP contribution in [0.4, 0.5) is 5.69 Å². The molecule has 0 heterocycles. The third-order valence-electron chi connectivity index (χ3n) is 2.99. The average Bonchev–Trinajstić information content (AvgIpc) is 2.45. The Morgan fingerprint density at radius 2 is 1.40 bits per heavy atom. The maximum absolute atomic E-state index is 12.3. The normalized spacial score (nSPS) is 11.8. The molecule has 0 aromatic heterocycles. The molecule has 0 spiro atoms. The largest absolute Gasteiger partial charge is 0.465 e. The predicted octanol–water partition coefficient (Wildman–Crippen LogP) is -0.0576. The van der Waals surface area contributed by atoms with Crippen LogP contribution in [0, 0.1) is 0 Å². The minimum Gasteiger partial charge on any atom is -0.465 e. The molecule has 0 saturated heterocycles. The van der Waals surface area contributed by atoms with Crippen molar-refractivity contribution in [3.8, 4) is 0 Å². The molecule has 140 valence electrons. The Hall–Kier alpha value is -2.14. The highest BCUT2D eigenvalue weighted by Gasteiger charge is 2.23. The number of hydrogen-bond acceptors (Lipinski definition) is 9. The molecule has 0 aliphatic heterocycles. The van der Waals surface area contributed by atoms with Crippen LogP contribution >= 0.6 is 0 Å². The number of sulfone groups is 2. The molecule has 9 nitrogen and oxygen atoms in total. The third kappa shape index (κ3) is 6.35. The molecule has 0 aliphatic carbocycles. The molecule has 0 fully saturated rings. The lowest BCUT2D eigenvalue weighted by Crippen LogP contribution is -2.18. The first-order valence-electron chi connectivity index (χ1n) is 7.07. The van der Waals surface area contributed by atoms with Crippen LogP contribution in [-0.4, -0.2) is 53.5 Å². The Labute approximate surface area is 145 Å². The minimum absolute atomic E-state index is 0.123. The van der Waals surface area contributed by atoms with Gasteiger partial charge in [0.15, 0.2) is 19.7 Å². The van der Waals surface area contributed by atoms with E-state index in [0.717, 1.165) is 26.0 Å². The lowest BCUT2D eigenvalue weighted by atomic mass is 10.3. The van der Waals surface area contributed by atoms with Crippen molar-refractivity contribution >= 4 is 37.3 Å². The molecular weight excluding hydrogens is 374 g/mol. The van der Waals surface area contributed by atoms with Crippen molar-refractivity contribution in [3.05, 3.63) is 18.2 Å². The van der Waals surface area contributed by atoms with Crippen molar-refractivity contribution in [2.24, 2.45) is 0 Å². The van der Waals surface area contributed by atoms with Crippen molar-refractivity contribution in [2.45, 2.75) is 23.6 Å². The second-order valence-corrected chi connectivity index (χ2v) is 9.20. The molecule has 1 rings (SSSR count). The molecule has 0 radical (unpaired) electrons. The lowest BCUT2D eigenvalue weighted by Gasteiger charge is -2.11. The fourth-order valence-electron chi connectivity index (χ4n) is 1.80. The van der Waals surface area contributed by atoms with Gasteiger partial charge < -0.3 is 15.2 Å². The van der Waals surface area contributed by atoms with E-state index in [9.17, 15) is 26.4 Å². The zero-order valence-electron chi connectivity index (χ0n) is 13.7. The first-order chi connectivity index (χ1) is 11.5. The fourth-order valence-corrected chi connectivity index (χ4v) is 4.24. The van der Waals surface area contributed by atoms with Crippen molar-refractivity contribution in [1.29, 1.82) is 0 Å². The van der Waals surface area contributed by atoms with Gasteiger partial charge in [-0.05, 0) is 18.2 Å². The Balaban J connectivity index is 3.06. The molecule has 0 atom stereocenters. The summed E-state index contributed by atoms with van der Waals surface area (Å²) < 4.78 is 58.2. The summed E-state index contributed by atoms with van der Waals surface area (Å²) in [6.45, 7) is 1.55.